The summed E-state index contributed by atoms with van der Waals surface area (Å²) in [6, 6.07) is 3.34. The quantitative estimate of drug-likeness (QED) is 0.150. The van der Waals surface area contributed by atoms with E-state index in [1.165, 1.54) is 0 Å². The maximum Gasteiger partial charge on any atom is 0.267 e. The number of hydrogen-bond acceptors (Lipinski definition) is 7. The van der Waals surface area contributed by atoms with E-state index in [0.717, 1.165) is 38.6 Å². The van der Waals surface area contributed by atoms with Crippen LogP contribution in [0.15, 0.2) is 30.7 Å². The number of anilines is 1. The van der Waals surface area contributed by atoms with Gasteiger partial charge in [-0.3, -0.25) is 24.0 Å². The van der Waals surface area contributed by atoms with Crippen molar-refractivity contribution >= 4 is 35.0 Å². The van der Waals surface area contributed by atoms with E-state index in [2.05, 4.69) is 25.8 Å². The molecule has 3 aromatic rings. The van der Waals surface area contributed by atoms with Crippen LogP contribution >= 0.6 is 0 Å². The third-order valence-electron chi connectivity index (χ3n) is 8.42. The molecule has 1 aliphatic carbocycles. The molecule has 4 rings (SSSR count). The Hall–Kier alpha value is -4.52. The molecule has 0 radical (unpaired) electrons. The van der Waals surface area contributed by atoms with Crippen LogP contribution in [-0.2, 0) is 43.6 Å². The fourth-order valence-electron chi connectivity index (χ4n) is 5.96. The summed E-state index contributed by atoms with van der Waals surface area (Å²) in [5.74, 6) is -0.397. The maximum atomic E-state index is 13.2. The molecular formula is C34H48N8O5. The zero-order valence-corrected chi connectivity index (χ0v) is 28.2. The van der Waals surface area contributed by atoms with Gasteiger partial charge in [-0.05, 0) is 64.0 Å². The summed E-state index contributed by atoms with van der Waals surface area (Å²) in [5, 5.41) is 8.67. The molecule has 0 spiro atoms. The van der Waals surface area contributed by atoms with Crippen LogP contribution in [0.3, 0.4) is 0 Å². The van der Waals surface area contributed by atoms with Crippen LogP contribution in [0, 0.1) is 5.92 Å². The van der Waals surface area contributed by atoms with Crippen molar-refractivity contribution in [1.82, 2.24) is 34.2 Å². The number of amides is 3. The molecule has 13 heteroatoms. The molecule has 3 heterocycles. The molecule has 3 amide bonds. The van der Waals surface area contributed by atoms with E-state index in [4.69, 9.17) is 0 Å². The van der Waals surface area contributed by atoms with Crippen LogP contribution < -0.4 is 16.0 Å². The number of carbonyl (C=O) groups excluding carboxylic acids is 5. The first kappa shape index (κ1) is 35.3. The van der Waals surface area contributed by atoms with Crippen LogP contribution in [0.25, 0.3) is 0 Å². The first-order chi connectivity index (χ1) is 22.4. The fraction of sp³-hybridized carbons (Fsp3) is 0.529. The molecule has 13 nitrogen and oxygen atoms in total. The number of aromatic nitrogens is 4. The van der Waals surface area contributed by atoms with Gasteiger partial charge < -0.3 is 34.6 Å². The molecule has 3 aromatic heterocycles. The molecule has 0 atom stereocenters. The normalized spacial score (nSPS) is 13.2. The number of rotatable bonds is 17. The molecule has 0 unspecified atom stereocenters. The second kappa shape index (κ2) is 16.3. The topological polar surface area (TPSA) is 152 Å². The molecule has 0 aliphatic heterocycles. The van der Waals surface area contributed by atoms with Crippen LogP contribution in [0.5, 0.6) is 0 Å². The third kappa shape index (κ3) is 9.98. The van der Waals surface area contributed by atoms with Crippen molar-refractivity contribution in [2.75, 3.05) is 39.0 Å². The summed E-state index contributed by atoms with van der Waals surface area (Å²) >= 11 is 0. The lowest BCUT2D eigenvalue weighted by Crippen LogP contribution is -2.30. The summed E-state index contributed by atoms with van der Waals surface area (Å²) in [6.45, 7) is 1.89. The first-order valence-electron chi connectivity index (χ1n) is 16.3. The average Bonchev–Trinajstić information content (AvgIpc) is 3.81. The summed E-state index contributed by atoms with van der Waals surface area (Å²) in [6.07, 6.45) is 10.9. The average molecular weight is 649 g/mol. The van der Waals surface area contributed by atoms with Crippen LogP contribution in [0.1, 0.15) is 87.8 Å². The number of aryl methyl sites for hydroxylation is 3. The summed E-state index contributed by atoms with van der Waals surface area (Å²) in [7, 11) is 9.18. The molecule has 1 saturated carbocycles. The van der Waals surface area contributed by atoms with Gasteiger partial charge in [-0.25, -0.2) is 4.98 Å². The summed E-state index contributed by atoms with van der Waals surface area (Å²) < 4.78 is 4.97. The number of Topliss-reactive ketones (excluding diaryl/α,β-unsaturated/α-hetero) is 2. The molecule has 0 saturated heterocycles. The lowest BCUT2D eigenvalue weighted by atomic mass is 10.1. The molecule has 47 heavy (non-hydrogen) atoms. The monoisotopic (exact) mass is 648 g/mol. The van der Waals surface area contributed by atoms with Gasteiger partial charge in [0.05, 0.1) is 23.5 Å². The van der Waals surface area contributed by atoms with Gasteiger partial charge in [0.1, 0.15) is 5.69 Å². The number of carbonyl (C=O) groups is 5. The minimum atomic E-state index is -0.225. The number of ketones is 2. The Bertz CT molecular complexity index is 1590. The van der Waals surface area contributed by atoms with Gasteiger partial charge in [-0.1, -0.05) is 12.8 Å². The highest BCUT2D eigenvalue weighted by atomic mass is 16.2. The van der Waals surface area contributed by atoms with E-state index in [1.807, 2.05) is 14.1 Å². The molecule has 254 valence electrons. The highest BCUT2D eigenvalue weighted by molar-refractivity contribution is 5.99. The van der Waals surface area contributed by atoms with Gasteiger partial charge >= 0.3 is 0 Å². The van der Waals surface area contributed by atoms with Crippen LogP contribution in [0.4, 0.5) is 5.69 Å². The Morgan fingerprint density at radius 3 is 2.26 bits per heavy atom. The molecule has 0 bridgehead atoms. The van der Waals surface area contributed by atoms with E-state index in [1.54, 1.807) is 65.6 Å². The molecular weight excluding hydrogens is 600 g/mol. The maximum absolute atomic E-state index is 13.2. The number of imidazole rings is 1. The van der Waals surface area contributed by atoms with E-state index in [0.29, 0.717) is 47.8 Å². The Morgan fingerprint density at radius 1 is 0.830 bits per heavy atom. The van der Waals surface area contributed by atoms with Crippen molar-refractivity contribution in [2.24, 2.45) is 27.1 Å². The fourth-order valence-corrected chi connectivity index (χ4v) is 5.96. The second-order valence-electron chi connectivity index (χ2n) is 12.8. The van der Waals surface area contributed by atoms with Crippen molar-refractivity contribution in [1.29, 1.82) is 0 Å². The van der Waals surface area contributed by atoms with E-state index in [9.17, 15) is 24.0 Å². The summed E-state index contributed by atoms with van der Waals surface area (Å²) in [4.78, 5) is 70.1. The van der Waals surface area contributed by atoms with Gasteiger partial charge in [-0.2, -0.15) is 0 Å². The highest BCUT2D eigenvalue weighted by Gasteiger charge is 2.23. The molecule has 0 aromatic carbocycles. The van der Waals surface area contributed by atoms with E-state index in [-0.39, 0.29) is 60.3 Å². The van der Waals surface area contributed by atoms with Gasteiger partial charge in [0.25, 0.3) is 5.91 Å². The Labute approximate surface area is 276 Å². The smallest absolute Gasteiger partial charge is 0.267 e. The Kier molecular flexibility index (Phi) is 12.3. The standard InChI is InChI=1S/C34H48N8O5/c1-39(2)15-9-14-36-34(47)28-16-23(20-40(28)3)17-30(44)32-38-26(22-42(32)5)19-29(43)27-18-25(21-41(27)4)37-31(45)12-8-13-35-33(46)24-10-6-7-11-24/h16,18,20-22,24H,6-15,17,19H2,1-5H3,(H,35,46)(H,36,47)(H,37,45). The minimum absolute atomic E-state index is 0.0173. The molecule has 1 fully saturated rings. The lowest BCUT2D eigenvalue weighted by Gasteiger charge is -2.10. The predicted molar refractivity (Wildman–Crippen MR) is 178 cm³/mol. The minimum Gasteiger partial charge on any atom is -0.356 e. The Balaban J connectivity index is 1.26. The van der Waals surface area contributed by atoms with Crippen molar-refractivity contribution in [2.45, 2.75) is 57.8 Å². The second-order valence-corrected chi connectivity index (χ2v) is 12.8. The number of hydrogen-bond donors (Lipinski definition) is 3. The van der Waals surface area contributed by atoms with Gasteiger partial charge in [0, 0.05) is 71.6 Å². The first-order valence-corrected chi connectivity index (χ1v) is 16.3. The van der Waals surface area contributed by atoms with Gasteiger partial charge in [-0.15, -0.1) is 0 Å². The number of nitrogens with one attached hydrogen (secondary N) is 3. The van der Waals surface area contributed by atoms with Crippen molar-refractivity contribution in [3.8, 4) is 0 Å². The largest absolute Gasteiger partial charge is 0.356 e. The molecule has 1 aliphatic rings. The van der Waals surface area contributed by atoms with Crippen molar-refractivity contribution in [3.63, 3.8) is 0 Å². The van der Waals surface area contributed by atoms with E-state index < -0.39 is 0 Å². The van der Waals surface area contributed by atoms with Crippen molar-refractivity contribution in [3.05, 3.63) is 59.2 Å². The molecule has 3 N–H and O–H groups in total. The van der Waals surface area contributed by atoms with Gasteiger partial charge in [0.2, 0.25) is 17.6 Å². The SMILES string of the molecule is CN(C)CCCNC(=O)c1cc(CC(=O)c2nc(CC(=O)c3cc(NC(=O)CCCNC(=O)C4CCCC4)cn3C)cn2C)cn1C. The Morgan fingerprint density at radius 2 is 1.53 bits per heavy atom. The highest BCUT2D eigenvalue weighted by Crippen LogP contribution is 2.24. The van der Waals surface area contributed by atoms with Crippen molar-refractivity contribution < 1.29 is 24.0 Å². The lowest BCUT2D eigenvalue weighted by molar-refractivity contribution is -0.125. The summed E-state index contributed by atoms with van der Waals surface area (Å²) in [5.41, 5.74) is 2.54. The zero-order chi connectivity index (χ0) is 34.1. The van der Waals surface area contributed by atoms with Gasteiger partial charge in [0.15, 0.2) is 11.6 Å². The van der Waals surface area contributed by atoms with Crippen LogP contribution in [0.2, 0.25) is 0 Å². The zero-order valence-electron chi connectivity index (χ0n) is 28.2. The third-order valence-corrected chi connectivity index (χ3v) is 8.42. The predicted octanol–water partition coefficient (Wildman–Crippen LogP) is 2.65. The number of nitrogens with zero attached hydrogens (tertiary/aromatic N) is 5. The van der Waals surface area contributed by atoms with E-state index >= 15 is 0 Å². The van der Waals surface area contributed by atoms with Crippen LogP contribution in [-0.4, -0.2) is 86.6 Å².